The highest BCUT2D eigenvalue weighted by molar-refractivity contribution is 5.90. The molecule has 8 heteroatoms. The molecular weight excluding hydrogens is 413 g/mol. The zero-order chi connectivity index (χ0) is 22.5. The normalized spacial score (nSPS) is 20.4. The van der Waals surface area contributed by atoms with Crippen molar-refractivity contribution < 1.29 is 23.5 Å². The molecule has 2 unspecified atom stereocenters. The van der Waals surface area contributed by atoms with E-state index in [1.54, 1.807) is 12.1 Å². The smallest absolute Gasteiger partial charge is 0.414 e. The lowest BCUT2D eigenvalue weighted by Crippen LogP contribution is -2.33. The molecule has 2 saturated heterocycles. The summed E-state index contributed by atoms with van der Waals surface area (Å²) >= 11 is 0. The predicted molar refractivity (Wildman–Crippen MR) is 119 cm³/mol. The Labute approximate surface area is 186 Å². The highest BCUT2D eigenvalue weighted by Gasteiger charge is 2.32. The van der Waals surface area contributed by atoms with Crippen LogP contribution in [0.1, 0.15) is 18.9 Å². The molecule has 2 amide bonds. The van der Waals surface area contributed by atoms with Crippen molar-refractivity contribution in [1.29, 1.82) is 0 Å². The number of benzene rings is 2. The van der Waals surface area contributed by atoms with Gasteiger partial charge in [0, 0.05) is 32.2 Å². The lowest BCUT2D eigenvalue weighted by molar-refractivity contribution is -0.119. The second-order valence-electron chi connectivity index (χ2n) is 8.28. The van der Waals surface area contributed by atoms with Crippen molar-refractivity contribution in [2.24, 2.45) is 5.92 Å². The van der Waals surface area contributed by atoms with Crippen LogP contribution >= 0.6 is 0 Å². The molecule has 2 aromatic carbocycles. The van der Waals surface area contributed by atoms with Crippen molar-refractivity contribution in [3.63, 3.8) is 0 Å². The quantitative estimate of drug-likeness (QED) is 0.658. The standard InChI is InChI=1S/C24H28FN3O4/c1-16(29)27-13-21-14-28(24(30)32-21)20-6-7-22(23(25)10-20)19-4-2-17(3-5-19)11-26-12-18-8-9-31-15-18/h2-7,10,18,21,26H,8-9,11-15H2,1H3,(H,27,29). The van der Waals surface area contributed by atoms with Crippen molar-refractivity contribution in [1.82, 2.24) is 10.6 Å². The zero-order valence-electron chi connectivity index (χ0n) is 18.1. The van der Waals surface area contributed by atoms with Gasteiger partial charge in [-0.2, -0.15) is 0 Å². The largest absolute Gasteiger partial charge is 0.442 e. The average molecular weight is 442 g/mol. The molecule has 7 nitrogen and oxygen atoms in total. The third kappa shape index (κ3) is 5.44. The summed E-state index contributed by atoms with van der Waals surface area (Å²) in [5, 5.41) is 6.08. The van der Waals surface area contributed by atoms with E-state index in [4.69, 9.17) is 9.47 Å². The van der Waals surface area contributed by atoms with Crippen molar-refractivity contribution in [2.45, 2.75) is 26.0 Å². The van der Waals surface area contributed by atoms with E-state index in [2.05, 4.69) is 10.6 Å². The number of carbonyl (C=O) groups is 2. The Balaban J connectivity index is 1.36. The summed E-state index contributed by atoms with van der Waals surface area (Å²) in [7, 11) is 0. The number of ether oxygens (including phenoxy) is 2. The van der Waals surface area contributed by atoms with Crippen molar-refractivity contribution in [3.05, 3.63) is 53.8 Å². The number of cyclic esters (lactones) is 1. The van der Waals surface area contributed by atoms with Gasteiger partial charge in [0.25, 0.3) is 0 Å². The summed E-state index contributed by atoms with van der Waals surface area (Å²) < 4.78 is 25.5. The van der Waals surface area contributed by atoms with Gasteiger partial charge in [-0.15, -0.1) is 0 Å². The fraction of sp³-hybridized carbons (Fsp3) is 0.417. The van der Waals surface area contributed by atoms with Crippen LogP contribution in [-0.4, -0.2) is 51.0 Å². The van der Waals surface area contributed by atoms with Gasteiger partial charge in [-0.1, -0.05) is 24.3 Å². The number of hydrogen-bond donors (Lipinski definition) is 2. The summed E-state index contributed by atoms with van der Waals surface area (Å²) in [6.07, 6.45) is 0.0942. The topological polar surface area (TPSA) is 79.9 Å². The van der Waals surface area contributed by atoms with Gasteiger partial charge in [-0.05, 0) is 41.7 Å². The molecule has 2 aliphatic rings. The summed E-state index contributed by atoms with van der Waals surface area (Å²) in [4.78, 5) is 24.6. The maximum atomic E-state index is 14.9. The van der Waals surface area contributed by atoms with Gasteiger partial charge >= 0.3 is 6.09 Å². The molecule has 4 rings (SSSR count). The molecule has 0 radical (unpaired) electrons. The third-order valence-corrected chi connectivity index (χ3v) is 5.77. The second-order valence-corrected chi connectivity index (χ2v) is 8.28. The van der Waals surface area contributed by atoms with E-state index < -0.39 is 18.0 Å². The zero-order valence-corrected chi connectivity index (χ0v) is 18.1. The van der Waals surface area contributed by atoms with Crippen LogP contribution in [0.15, 0.2) is 42.5 Å². The molecule has 2 fully saturated rings. The molecule has 32 heavy (non-hydrogen) atoms. The van der Waals surface area contributed by atoms with Crippen LogP contribution in [-0.2, 0) is 20.8 Å². The van der Waals surface area contributed by atoms with Gasteiger partial charge in [0.05, 0.1) is 25.4 Å². The summed E-state index contributed by atoms with van der Waals surface area (Å²) in [5.74, 6) is -0.0247. The van der Waals surface area contributed by atoms with Gasteiger partial charge < -0.3 is 20.1 Å². The van der Waals surface area contributed by atoms with Gasteiger partial charge in [0.2, 0.25) is 5.91 Å². The monoisotopic (exact) mass is 441 g/mol. The van der Waals surface area contributed by atoms with E-state index >= 15 is 0 Å². The number of hydrogen-bond acceptors (Lipinski definition) is 5. The number of nitrogens with one attached hydrogen (secondary N) is 2. The summed E-state index contributed by atoms with van der Waals surface area (Å²) in [5.41, 5.74) is 2.81. The molecule has 0 saturated carbocycles. The van der Waals surface area contributed by atoms with Gasteiger partial charge in [-0.25, -0.2) is 9.18 Å². The second kappa shape index (κ2) is 10.1. The Morgan fingerprint density at radius 3 is 2.69 bits per heavy atom. The van der Waals surface area contributed by atoms with E-state index in [1.165, 1.54) is 17.9 Å². The molecule has 2 aromatic rings. The molecule has 2 aliphatic heterocycles. The minimum Gasteiger partial charge on any atom is -0.442 e. The molecular formula is C24H28FN3O4. The molecule has 0 spiro atoms. The fourth-order valence-electron chi connectivity index (χ4n) is 3.97. The average Bonchev–Trinajstić information content (AvgIpc) is 3.42. The first kappa shape index (κ1) is 22.2. The molecule has 2 heterocycles. The number of carbonyl (C=O) groups excluding carboxylic acids is 2. The van der Waals surface area contributed by atoms with E-state index in [0.717, 1.165) is 43.9 Å². The highest BCUT2D eigenvalue weighted by Crippen LogP contribution is 2.29. The third-order valence-electron chi connectivity index (χ3n) is 5.77. The Hall–Kier alpha value is -2.97. The number of amides is 2. The van der Waals surface area contributed by atoms with Crippen LogP contribution in [0.4, 0.5) is 14.9 Å². The first-order chi connectivity index (χ1) is 15.5. The van der Waals surface area contributed by atoms with Gasteiger partial charge in [-0.3, -0.25) is 9.69 Å². The molecule has 0 bridgehead atoms. The number of rotatable bonds is 8. The van der Waals surface area contributed by atoms with Crippen LogP contribution in [0.3, 0.4) is 0 Å². The van der Waals surface area contributed by atoms with E-state index in [-0.39, 0.29) is 19.0 Å². The minimum atomic E-state index is -0.548. The van der Waals surface area contributed by atoms with Crippen LogP contribution < -0.4 is 15.5 Å². The Morgan fingerprint density at radius 2 is 2.00 bits per heavy atom. The Bertz CT molecular complexity index is 960. The first-order valence-corrected chi connectivity index (χ1v) is 10.9. The predicted octanol–water partition coefficient (Wildman–Crippen LogP) is 3.08. The van der Waals surface area contributed by atoms with Crippen LogP contribution in [0, 0.1) is 11.7 Å². The molecule has 0 aliphatic carbocycles. The lowest BCUT2D eigenvalue weighted by Gasteiger charge is -2.15. The number of halogens is 1. The summed E-state index contributed by atoms with van der Waals surface area (Å²) in [6.45, 7) is 5.25. The van der Waals surface area contributed by atoms with Crippen LogP contribution in [0.25, 0.3) is 11.1 Å². The highest BCUT2D eigenvalue weighted by atomic mass is 19.1. The summed E-state index contributed by atoms with van der Waals surface area (Å²) in [6, 6.07) is 12.5. The van der Waals surface area contributed by atoms with E-state index in [9.17, 15) is 14.0 Å². The fourth-order valence-corrected chi connectivity index (χ4v) is 3.97. The van der Waals surface area contributed by atoms with Gasteiger partial charge in [0.1, 0.15) is 11.9 Å². The van der Waals surface area contributed by atoms with E-state index in [1.807, 2.05) is 24.3 Å². The molecule has 2 N–H and O–H groups in total. The van der Waals surface area contributed by atoms with Crippen molar-refractivity contribution in [3.8, 4) is 11.1 Å². The molecule has 2 atom stereocenters. The first-order valence-electron chi connectivity index (χ1n) is 10.9. The minimum absolute atomic E-state index is 0.194. The van der Waals surface area contributed by atoms with Crippen molar-refractivity contribution in [2.75, 3.05) is 37.7 Å². The maximum absolute atomic E-state index is 14.9. The van der Waals surface area contributed by atoms with Crippen LogP contribution in [0.2, 0.25) is 0 Å². The number of nitrogens with zero attached hydrogens (tertiary/aromatic N) is 1. The maximum Gasteiger partial charge on any atom is 0.414 e. The van der Waals surface area contributed by atoms with Crippen molar-refractivity contribution >= 4 is 17.7 Å². The Morgan fingerprint density at radius 1 is 1.19 bits per heavy atom. The lowest BCUT2D eigenvalue weighted by atomic mass is 10.0. The SMILES string of the molecule is CC(=O)NCC1CN(c2ccc(-c3ccc(CNCC4CCOC4)cc3)c(F)c2)C(=O)O1. The van der Waals surface area contributed by atoms with E-state index in [0.29, 0.717) is 17.2 Å². The molecule has 0 aromatic heterocycles. The Kier molecular flexibility index (Phi) is 7.02. The van der Waals surface area contributed by atoms with Gasteiger partial charge in [0.15, 0.2) is 0 Å². The number of anilines is 1. The van der Waals surface area contributed by atoms with Crippen LogP contribution in [0.5, 0.6) is 0 Å². The molecule has 170 valence electrons.